The van der Waals surface area contributed by atoms with Crippen molar-refractivity contribution in [3.63, 3.8) is 0 Å². The van der Waals surface area contributed by atoms with Gasteiger partial charge in [-0.15, -0.1) is 11.3 Å². The number of carbonyl (C=O) groups is 2. The van der Waals surface area contributed by atoms with Gasteiger partial charge in [-0.25, -0.2) is 4.98 Å². The van der Waals surface area contributed by atoms with Crippen LogP contribution in [-0.2, 0) is 16.0 Å². The molecule has 3 heterocycles. The number of thiazole rings is 1. The third-order valence-corrected chi connectivity index (χ3v) is 7.66. The number of methoxy groups -OCH3 is 2. The van der Waals surface area contributed by atoms with Crippen LogP contribution in [0.2, 0.25) is 0 Å². The molecule has 1 fully saturated rings. The lowest BCUT2D eigenvalue weighted by Crippen LogP contribution is -2.47. The largest absolute Gasteiger partial charge is 0.496 e. The first-order valence-electron chi connectivity index (χ1n) is 11.7. The standard InChI is InChI=1S/C25H29N3O5S/c1-31-19-8-9-20(32-2)22-17(19)13-16-14-28(24(30)21(16)33-22)18(12-15-6-4-3-5-7-15)23(29)27-25-26-10-11-34-25/h8-11,15,18H,3-7,12-14H2,1-2H3,(H,26,27,29)/t18-/m0/s1. The predicted molar refractivity (Wildman–Crippen MR) is 128 cm³/mol. The molecule has 1 aromatic heterocycles. The molecule has 0 radical (unpaired) electrons. The average Bonchev–Trinajstić information content (AvgIpc) is 3.49. The Labute approximate surface area is 202 Å². The van der Waals surface area contributed by atoms with Gasteiger partial charge in [-0.1, -0.05) is 32.1 Å². The molecule has 5 rings (SSSR count). The van der Waals surface area contributed by atoms with Gasteiger partial charge in [-0.3, -0.25) is 9.59 Å². The molecular weight excluding hydrogens is 454 g/mol. The van der Waals surface area contributed by atoms with Gasteiger partial charge in [0.15, 0.2) is 22.4 Å². The number of carbonyl (C=O) groups excluding carboxylic acids is 2. The summed E-state index contributed by atoms with van der Waals surface area (Å²) in [7, 11) is 3.18. The van der Waals surface area contributed by atoms with Gasteiger partial charge in [-0.2, -0.15) is 0 Å². The van der Waals surface area contributed by atoms with Gasteiger partial charge in [0.05, 0.1) is 14.2 Å². The first kappa shape index (κ1) is 22.7. The van der Waals surface area contributed by atoms with Gasteiger partial charge in [0, 0.05) is 35.7 Å². The lowest BCUT2D eigenvalue weighted by atomic mass is 9.84. The van der Waals surface area contributed by atoms with Crippen molar-refractivity contribution in [3.05, 3.63) is 40.6 Å². The van der Waals surface area contributed by atoms with E-state index in [-0.39, 0.29) is 11.8 Å². The van der Waals surface area contributed by atoms with Crippen LogP contribution in [0.15, 0.2) is 35.0 Å². The molecule has 2 amide bonds. The molecule has 1 atom stereocenters. The Balaban J connectivity index is 1.41. The molecule has 0 spiro atoms. The molecule has 1 aromatic carbocycles. The van der Waals surface area contributed by atoms with Gasteiger partial charge in [0.2, 0.25) is 5.91 Å². The van der Waals surface area contributed by atoms with E-state index in [0.717, 1.165) is 24.0 Å². The number of fused-ring (bicyclic) bond motifs is 1. The molecule has 9 heteroatoms. The van der Waals surface area contributed by atoms with Crippen LogP contribution in [0.1, 0.15) is 44.1 Å². The molecular formula is C25H29N3O5S. The second-order valence-corrected chi connectivity index (χ2v) is 9.90. The number of aromatic nitrogens is 1. The van der Waals surface area contributed by atoms with Crippen molar-refractivity contribution in [2.24, 2.45) is 5.92 Å². The normalized spacial score (nSPS) is 18.8. The van der Waals surface area contributed by atoms with Crippen LogP contribution in [0, 0.1) is 5.92 Å². The van der Waals surface area contributed by atoms with Crippen molar-refractivity contribution >= 4 is 28.3 Å². The summed E-state index contributed by atoms with van der Waals surface area (Å²) in [6, 6.07) is 3.03. The fraction of sp³-hybridized carbons (Fsp3) is 0.480. The quantitative estimate of drug-likeness (QED) is 0.636. The monoisotopic (exact) mass is 483 g/mol. The average molecular weight is 484 g/mol. The highest BCUT2D eigenvalue weighted by Gasteiger charge is 2.43. The first-order valence-corrected chi connectivity index (χ1v) is 12.6. The zero-order chi connectivity index (χ0) is 23.7. The number of rotatable bonds is 7. The minimum Gasteiger partial charge on any atom is -0.496 e. The Kier molecular flexibility index (Phi) is 6.45. The predicted octanol–water partition coefficient (Wildman–Crippen LogP) is 4.17. The molecule has 34 heavy (non-hydrogen) atoms. The molecule has 2 aromatic rings. The highest BCUT2D eigenvalue weighted by molar-refractivity contribution is 7.13. The Bertz CT molecular complexity index is 1110. The van der Waals surface area contributed by atoms with E-state index < -0.39 is 6.04 Å². The van der Waals surface area contributed by atoms with E-state index in [0.29, 0.717) is 53.4 Å². The Morgan fingerprint density at radius 1 is 1.24 bits per heavy atom. The Morgan fingerprint density at radius 3 is 2.71 bits per heavy atom. The number of benzene rings is 1. The molecule has 1 saturated carbocycles. The van der Waals surface area contributed by atoms with Gasteiger partial charge in [0.25, 0.3) is 5.91 Å². The van der Waals surface area contributed by atoms with Crippen LogP contribution in [0.3, 0.4) is 0 Å². The van der Waals surface area contributed by atoms with Crippen LogP contribution in [0.4, 0.5) is 5.13 Å². The minimum atomic E-state index is -0.583. The highest BCUT2D eigenvalue weighted by atomic mass is 32.1. The summed E-state index contributed by atoms with van der Waals surface area (Å²) >= 11 is 1.37. The third kappa shape index (κ3) is 4.24. The van der Waals surface area contributed by atoms with Crippen LogP contribution < -0.4 is 19.5 Å². The number of anilines is 1. The van der Waals surface area contributed by atoms with E-state index in [9.17, 15) is 9.59 Å². The SMILES string of the molecule is COc1ccc(OC)c2c1CC1=C(O2)C(=O)N([C@@H](CC2CCCCC2)C(=O)Nc2nccs2)C1. The summed E-state index contributed by atoms with van der Waals surface area (Å²) in [6.07, 6.45) is 8.57. The number of ether oxygens (including phenoxy) is 3. The maximum Gasteiger partial charge on any atom is 0.290 e. The topological polar surface area (TPSA) is 90.0 Å². The summed E-state index contributed by atoms with van der Waals surface area (Å²) < 4.78 is 17.1. The van der Waals surface area contributed by atoms with E-state index in [1.807, 2.05) is 11.4 Å². The molecule has 3 aliphatic rings. The number of nitrogens with one attached hydrogen (secondary N) is 1. The van der Waals surface area contributed by atoms with E-state index >= 15 is 0 Å². The zero-order valence-electron chi connectivity index (χ0n) is 19.5. The fourth-order valence-electron chi connectivity index (χ4n) is 5.26. The van der Waals surface area contributed by atoms with Gasteiger partial charge < -0.3 is 24.4 Å². The van der Waals surface area contributed by atoms with E-state index in [1.165, 1.54) is 30.6 Å². The maximum atomic E-state index is 13.6. The zero-order valence-corrected chi connectivity index (χ0v) is 20.3. The smallest absolute Gasteiger partial charge is 0.290 e. The van der Waals surface area contributed by atoms with E-state index in [4.69, 9.17) is 14.2 Å². The van der Waals surface area contributed by atoms with Gasteiger partial charge in [0.1, 0.15) is 11.8 Å². The summed E-state index contributed by atoms with van der Waals surface area (Å²) in [5, 5.41) is 5.28. The van der Waals surface area contributed by atoms with Crippen LogP contribution in [0.25, 0.3) is 0 Å². The third-order valence-electron chi connectivity index (χ3n) is 6.98. The summed E-state index contributed by atoms with van der Waals surface area (Å²) in [5.74, 6) is 2.02. The molecule has 2 aliphatic heterocycles. The lowest BCUT2D eigenvalue weighted by molar-refractivity contribution is -0.135. The molecule has 8 nitrogen and oxygen atoms in total. The first-order chi connectivity index (χ1) is 16.6. The molecule has 0 unspecified atom stereocenters. The van der Waals surface area contributed by atoms with Crippen molar-refractivity contribution in [2.75, 3.05) is 26.1 Å². The van der Waals surface area contributed by atoms with Crippen molar-refractivity contribution in [3.8, 4) is 17.2 Å². The van der Waals surface area contributed by atoms with Crippen molar-refractivity contribution in [2.45, 2.75) is 51.0 Å². The van der Waals surface area contributed by atoms with E-state index in [1.54, 1.807) is 31.4 Å². The number of hydrogen-bond donors (Lipinski definition) is 1. The lowest BCUT2D eigenvalue weighted by Gasteiger charge is -2.31. The van der Waals surface area contributed by atoms with Crippen molar-refractivity contribution in [1.82, 2.24) is 9.88 Å². The van der Waals surface area contributed by atoms with Crippen molar-refractivity contribution < 1.29 is 23.8 Å². The molecule has 1 N–H and O–H groups in total. The molecule has 0 bridgehead atoms. The summed E-state index contributed by atoms with van der Waals surface area (Å²) in [4.78, 5) is 32.8. The molecule has 1 aliphatic carbocycles. The van der Waals surface area contributed by atoms with Crippen LogP contribution in [-0.4, -0.2) is 48.5 Å². The minimum absolute atomic E-state index is 0.193. The van der Waals surface area contributed by atoms with Gasteiger partial charge in [-0.05, 0) is 24.5 Å². The molecule has 0 saturated heterocycles. The second kappa shape index (κ2) is 9.66. The fourth-order valence-corrected chi connectivity index (χ4v) is 5.79. The number of amides is 2. The van der Waals surface area contributed by atoms with Crippen molar-refractivity contribution in [1.29, 1.82) is 0 Å². The summed E-state index contributed by atoms with van der Waals surface area (Å²) in [6.45, 7) is 0.358. The van der Waals surface area contributed by atoms with Crippen LogP contribution >= 0.6 is 11.3 Å². The second-order valence-electron chi connectivity index (χ2n) is 9.00. The summed E-state index contributed by atoms with van der Waals surface area (Å²) in [5.41, 5.74) is 1.71. The maximum absolute atomic E-state index is 13.6. The Hall–Kier alpha value is -3.07. The molecule has 180 valence electrons. The van der Waals surface area contributed by atoms with Crippen LogP contribution in [0.5, 0.6) is 17.2 Å². The number of nitrogens with zero attached hydrogens (tertiary/aromatic N) is 2. The highest BCUT2D eigenvalue weighted by Crippen LogP contribution is 2.45. The van der Waals surface area contributed by atoms with E-state index in [2.05, 4.69) is 10.3 Å². The van der Waals surface area contributed by atoms with Gasteiger partial charge >= 0.3 is 0 Å². The number of hydrogen-bond acceptors (Lipinski definition) is 7. The Morgan fingerprint density at radius 2 is 2.00 bits per heavy atom.